The number of carbonyl (C=O) groups excluding carboxylic acids is 1. The van der Waals surface area contributed by atoms with E-state index in [1.54, 1.807) is 23.3 Å². The molecule has 2 rings (SSSR count). The predicted molar refractivity (Wildman–Crippen MR) is 71.4 cm³/mol. The van der Waals surface area contributed by atoms with Gasteiger partial charge in [-0.25, -0.2) is 0 Å². The Bertz CT molecular complexity index is 508. The predicted octanol–water partition coefficient (Wildman–Crippen LogP) is 2.48. The maximum Gasteiger partial charge on any atom is 0.258 e. The molecule has 1 heterocycles. The van der Waals surface area contributed by atoms with Crippen LogP contribution >= 0.6 is 11.3 Å². The first-order chi connectivity index (χ1) is 8.22. The Hall–Kier alpha value is -1.65. The summed E-state index contributed by atoms with van der Waals surface area (Å²) in [6, 6.07) is 11.3. The molecule has 0 bridgehead atoms. The zero-order valence-electron chi connectivity index (χ0n) is 9.59. The van der Waals surface area contributed by atoms with Crippen LogP contribution in [0.15, 0.2) is 41.8 Å². The second-order valence-corrected chi connectivity index (χ2v) is 4.65. The number of anilines is 1. The zero-order chi connectivity index (χ0) is 12.3. The number of hydrogen-bond donors (Lipinski definition) is 1. The topological polar surface area (TPSA) is 46.3 Å². The fourth-order valence-electron chi connectivity index (χ4n) is 1.59. The van der Waals surface area contributed by atoms with Crippen molar-refractivity contribution in [1.29, 1.82) is 0 Å². The number of hydrogen-bond acceptors (Lipinski definition) is 3. The van der Waals surface area contributed by atoms with Crippen molar-refractivity contribution in [2.75, 3.05) is 11.9 Å². The van der Waals surface area contributed by atoms with Gasteiger partial charge in [0, 0.05) is 19.2 Å². The van der Waals surface area contributed by atoms with E-state index in [4.69, 9.17) is 5.73 Å². The first kappa shape index (κ1) is 11.8. The molecule has 0 fully saturated rings. The van der Waals surface area contributed by atoms with Gasteiger partial charge < -0.3 is 10.6 Å². The van der Waals surface area contributed by atoms with Crippen molar-refractivity contribution in [3.63, 3.8) is 0 Å². The van der Waals surface area contributed by atoms with E-state index >= 15 is 0 Å². The molecule has 0 spiro atoms. The Morgan fingerprint density at radius 2 is 2.18 bits per heavy atom. The van der Waals surface area contributed by atoms with Crippen LogP contribution in [0.4, 0.5) is 5.00 Å². The highest BCUT2D eigenvalue weighted by atomic mass is 32.1. The minimum atomic E-state index is -0.0113. The van der Waals surface area contributed by atoms with E-state index in [2.05, 4.69) is 0 Å². The lowest BCUT2D eigenvalue weighted by Gasteiger charge is -2.15. The minimum absolute atomic E-state index is 0.0113. The van der Waals surface area contributed by atoms with Crippen molar-refractivity contribution < 1.29 is 4.79 Å². The average molecular weight is 246 g/mol. The summed E-state index contributed by atoms with van der Waals surface area (Å²) in [5, 5.41) is 2.89. The maximum absolute atomic E-state index is 12.2. The first-order valence-electron chi connectivity index (χ1n) is 5.33. The molecule has 4 heteroatoms. The molecule has 0 saturated heterocycles. The smallest absolute Gasteiger partial charge is 0.258 e. The molecule has 17 heavy (non-hydrogen) atoms. The van der Waals surface area contributed by atoms with Gasteiger partial charge in [-0.15, -0.1) is 11.3 Å². The average Bonchev–Trinajstić information content (AvgIpc) is 2.91. The Morgan fingerprint density at radius 3 is 2.82 bits per heavy atom. The highest BCUT2D eigenvalue weighted by molar-refractivity contribution is 7.14. The Kier molecular flexibility index (Phi) is 3.56. The third kappa shape index (κ3) is 2.54. The van der Waals surface area contributed by atoms with Gasteiger partial charge in [-0.3, -0.25) is 4.79 Å². The molecule has 1 aromatic carbocycles. The standard InChI is InChI=1S/C13H14N2OS/c1-15(12-6-3-7-17-12)13(16)11-5-2-4-10(8-11)9-14/h2-8H,9,14H2,1H3. The molecule has 0 unspecified atom stereocenters. The molecule has 1 aromatic heterocycles. The molecule has 0 aliphatic heterocycles. The molecule has 2 N–H and O–H groups in total. The lowest BCUT2D eigenvalue weighted by atomic mass is 10.1. The van der Waals surface area contributed by atoms with Crippen LogP contribution in [0.25, 0.3) is 0 Å². The SMILES string of the molecule is CN(C(=O)c1cccc(CN)c1)c1cccs1. The Labute approximate surface area is 104 Å². The van der Waals surface area contributed by atoms with Crippen LogP contribution in [0.3, 0.4) is 0 Å². The second kappa shape index (κ2) is 5.12. The molecule has 0 saturated carbocycles. The molecule has 3 nitrogen and oxygen atoms in total. The van der Waals surface area contributed by atoms with Crippen molar-refractivity contribution >= 4 is 22.2 Å². The van der Waals surface area contributed by atoms with Crippen molar-refractivity contribution in [1.82, 2.24) is 0 Å². The summed E-state index contributed by atoms with van der Waals surface area (Å²) in [6.45, 7) is 0.448. The number of amides is 1. The molecule has 0 aliphatic carbocycles. The van der Waals surface area contributed by atoms with E-state index in [0.717, 1.165) is 10.6 Å². The van der Waals surface area contributed by atoms with Gasteiger partial charge in [-0.05, 0) is 35.2 Å². The normalized spacial score (nSPS) is 10.2. The third-order valence-corrected chi connectivity index (χ3v) is 3.50. The van der Waals surface area contributed by atoms with E-state index < -0.39 is 0 Å². The number of benzene rings is 1. The van der Waals surface area contributed by atoms with E-state index in [1.807, 2.05) is 41.8 Å². The number of carbonyl (C=O) groups is 1. The minimum Gasteiger partial charge on any atom is -0.326 e. The second-order valence-electron chi connectivity index (χ2n) is 3.72. The van der Waals surface area contributed by atoms with Gasteiger partial charge >= 0.3 is 0 Å². The van der Waals surface area contributed by atoms with Crippen LogP contribution in [0.5, 0.6) is 0 Å². The molecule has 0 radical (unpaired) electrons. The van der Waals surface area contributed by atoms with Gasteiger partial charge in [0.05, 0.1) is 5.00 Å². The van der Waals surface area contributed by atoms with Crippen molar-refractivity contribution in [3.8, 4) is 0 Å². The molecule has 2 aromatic rings. The summed E-state index contributed by atoms with van der Waals surface area (Å²) in [7, 11) is 1.78. The van der Waals surface area contributed by atoms with E-state index in [1.165, 1.54) is 0 Å². The summed E-state index contributed by atoms with van der Waals surface area (Å²) in [5.74, 6) is -0.0113. The van der Waals surface area contributed by atoms with Crippen LogP contribution < -0.4 is 10.6 Å². The van der Waals surface area contributed by atoms with E-state index in [0.29, 0.717) is 12.1 Å². The van der Waals surface area contributed by atoms with Gasteiger partial charge in [0.15, 0.2) is 0 Å². The van der Waals surface area contributed by atoms with Crippen LogP contribution in [0, 0.1) is 0 Å². The van der Waals surface area contributed by atoms with Crippen LogP contribution in [-0.2, 0) is 6.54 Å². The van der Waals surface area contributed by atoms with Gasteiger partial charge in [0.25, 0.3) is 5.91 Å². The van der Waals surface area contributed by atoms with Gasteiger partial charge in [0.1, 0.15) is 0 Å². The fourth-order valence-corrected chi connectivity index (χ4v) is 2.28. The van der Waals surface area contributed by atoms with Crippen molar-refractivity contribution in [2.24, 2.45) is 5.73 Å². The maximum atomic E-state index is 12.2. The monoisotopic (exact) mass is 246 g/mol. The Balaban J connectivity index is 2.24. The lowest BCUT2D eigenvalue weighted by molar-refractivity contribution is 0.0993. The highest BCUT2D eigenvalue weighted by Crippen LogP contribution is 2.21. The first-order valence-corrected chi connectivity index (χ1v) is 6.21. The van der Waals surface area contributed by atoms with Crippen molar-refractivity contribution in [3.05, 3.63) is 52.9 Å². The van der Waals surface area contributed by atoms with Crippen LogP contribution in [-0.4, -0.2) is 13.0 Å². The lowest BCUT2D eigenvalue weighted by Crippen LogP contribution is -2.25. The molecule has 88 valence electrons. The summed E-state index contributed by atoms with van der Waals surface area (Å²) in [4.78, 5) is 13.9. The van der Waals surface area contributed by atoms with Gasteiger partial charge in [-0.1, -0.05) is 12.1 Å². The summed E-state index contributed by atoms with van der Waals surface area (Å²) < 4.78 is 0. The third-order valence-electron chi connectivity index (χ3n) is 2.55. The summed E-state index contributed by atoms with van der Waals surface area (Å²) in [5.41, 5.74) is 7.20. The highest BCUT2D eigenvalue weighted by Gasteiger charge is 2.13. The van der Waals surface area contributed by atoms with Crippen LogP contribution in [0.1, 0.15) is 15.9 Å². The van der Waals surface area contributed by atoms with Gasteiger partial charge in [-0.2, -0.15) is 0 Å². The number of nitrogens with zero attached hydrogens (tertiary/aromatic N) is 1. The molecule has 0 aliphatic rings. The van der Waals surface area contributed by atoms with Crippen LogP contribution in [0.2, 0.25) is 0 Å². The number of rotatable bonds is 3. The van der Waals surface area contributed by atoms with Crippen molar-refractivity contribution in [2.45, 2.75) is 6.54 Å². The largest absolute Gasteiger partial charge is 0.326 e. The zero-order valence-corrected chi connectivity index (χ0v) is 10.4. The fraction of sp³-hybridized carbons (Fsp3) is 0.154. The van der Waals surface area contributed by atoms with E-state index in [-0.39, 0.29) is 5.91 Å². The molecular weight excluding hydrogens is 232 g/mol. The Morgan fingerprint density at radius 1 is 1.35 bits per heavy atom. The molecule has 0 atom stereocenters. The molecular formula is C13H14N2OS. The summed E-state index contributed by atoms with van der Waals surface area (Å²) >= 11 is 1.54. The summed E-state index contributed by atoms with van der Waals surface area (Å²) in [6.07, 6.45) is 0. The van der Waals surface area contributed by atoms with E-state index in [9.17, 15) is 4.79 Å². The van der Waals surface area contributed by atoms with Gasteiger partial charge in [0.2, 0.25) is 0 Å². The number of thiophene rings is 1. The molecule has 1 amide bonds. The quantitative estimate of drug-likeness (QED) is 0.904. The number of nitrogens with two attached hydrogens (primary N) is 1.